The predicted molar refractivity (Wildman–Crippen MR) is 116 cm³/mol. The molecule has 6 heteroatoms. The van der Waals surface area contributed by atoms with E-state index in [1.807, 2.05) is 65.8 Å². The fourth-order valence-corrected chi connectivity index (χ4v) is 3.15. The van der Waals surface area contributed by atoms with Gasteiger partial charge in [0.15, 0.2) is 0 Å². The highest BCUT2D eigenvalue weighted by Crippen LogP contribution is 2.42. The molecule has 0 fully saturated rings. The molecular weight excluding hydrogens is 384 g/mol. The van der Waals surface area contributed by atoms with E-state index in [2.05, 4.69) is 0 Å². The van der Waals surface area contributed by atoms with Crippen LogP contribution in [0.15, 0.2) is 24.3 Å². The summed E-state index contributed by atoms with van der Waals surface area (Å²) < 4.78 is 21.7. The molecule has 0 saturated carbocycles. The van der Waals surface area contributed by atoms with Gasteiger partial charge in [-0.1, -0.05) is 65.8 Å². The standard InChI is InChI=1S/C24H32O6/c1-7-17-18(8-2)22(30-24(26)28-14-16(5)6)20-12-10-9-11-19(20)21(17)29-23(25)27-13-15(3)4/h9-12,15-16H,7-8,13-14H2,1-6H3. The molecule has 0 aliphatic heterocycles. The second kappa shape index (κ2) is 10.9. The van der Waals surface area contributed by atoms with Crippen molar-refractivity contribution in [2.24, 2.45) is 11.8 Å². The quantitative estimate of drug-likeness (QED) is 0.371. The molecule has 0 spiro atoms. The monoisotopic (exact) mass is 416 g/mol. The molecular formula is C24H32O6. The van der Waals surface area contributed by atoms with Crippen molar-refractivity contribution >= 4 is 23.1 Å². The van der Waals surface area contributed by atoms with Crippen LogP contribution in [0.4, 0.5) is 9.59 Å². The molecule has 0 radical (unpaired) electrons. The van der Waals surface area contributed by atoms with Gasteiger partial charge in [0.1, 0.15) is 11.5 Å². The first-order valence-corrected chi connectivity index (χ1v) is 10.5. The van der Waals surface area contributed by atoms with Gasteiger partial charge in [-0.2, -0.15) is 0 Å². The van der Waals surface area contributed by atoms with Gasteiger partial charge in [-0.3, -0.25) is 0 Å². The van der Waals surface area contributed by atoms with Crippen LogP contribution in [0.25, 0.3) is 10.8 Å². The number of hydrogen-bond acceptors (Lipinski definition) is 6. The van der Waals surface area contributed by atoms with Gasteiger partial charge in [0.25, 0.3) is 0 Å². The van der Waals surface area contributed by atoms with Crippen LogP contribution in [0, 0.1) is 11.8 Å². The van der Waals surface area contributed by atoms with Crippen molar-refractivity contribution in [2.45, 2.75) is 54.4 Å². The van der Waals surface area contributed by atoms with Gasteiger partial charge in [-0.15, -0.1) is 0 Å². The van der Waals surface area contributed by atoms with Crippen LogP contribution in [0.1, 0.15) is 52.7 Å². The van der Waals surface area contributed by atoms with Crippen molar-refractivity contribution in [3.05, 3.63) is 35.4 Å². The highest BCUT2D eigenvalue weighted by molar-refractivity contribution is 5.98. The first-order chi connectivity index (χ1) is 14.3. The van der Waals surface area contributed by atoms with Crippen molar-refractivity contribution < 1.29 is 28.5 Å². The molecule has 0 N–H and O–H groups in total. The summed E-state index contributed by atoms with van der Waals surface area (Å²) in [7, 11) is 0. The smallest absolute Gasteiger partial charge is 0.434 e. The van der Waals surface area contributed by atoms with E-state index in [1.165, 1.54) is 0 Å². The molecule has 30 heavy (non-hydrogen) atoms. The average Bonchev–Trinajstić information content (AvgIpc) is 2.71. The van der Waals surface area contributed by atoms with Gasteiger partial charge in [-0.05, 0) is 24.7 Å². The molecule has 0 saturated heterocycles. The Kier molecular flexibility index (Phi) is 8.51. The lowest BCUT2D eigenvalue weighted by atomic mass is 9.94. The summed E-state index contributed by atoms with van der Waals surface area (Å²) in [5.74, 6) is 1.31. The van der Waals surface area contributed by atoms with Crippen LogP contribution in [0.2, 0.25) is 0 Å². The summed E-state index contributed by atoms with van der Waals surface area (Å²) in [6, 6.07) is 7.37. The van der Waals surface area contributed by atoms with E-state index < -0.39 is 12.3 Å². The SMILES string of the molecule is CCc1c(CC)c(OC(=O)OCC(C)C)c2ccccc2c1OC(=O)OCC(C)C. The normalized spacial score (nSPS) is 11.1. The first-order valence-electron chi connectivity index (χ1n) is 10.5. The van der Waals surface area contributed by atoms with Gasteiger partial charge in [0, 0.05) is 21.9 Å². The fraction of sp³-hybridized carbons (Fsp3) is 0.500. The summed E-state index contributed by atoms with van der Waals surface area (Å²) >= 11 is 0. The molecule has 0 aliphatic carbocycles. The average molecular weight is 417 g/mol. The minimum atomic E-state index is -0.740. The predicted octanol–water partition coefficient (Wildman–Crippen LogP) is 6.31. The second-order valence-corrected chi connectivity index (χ2v) is 7.98. The minimum absolute atomic E-state index is 0.207. The number of ether oxygens (including phenoxy) is 4. The van der Waals surface area contributed by atoms with E-state index in [4.69, 9.17) is 18.9 Å². The van der Waals surface area contributed by atoms with Crippen LogP contribution in [0.5, 0.6) is 11.5 Å². The van der Waals surface area contributed by atoms with E-state index in [0.29, 0.717) is 35.1 Å². The van der Waals surface area contributed by atoms with Crippen molar-refractivity contribution in [1.29, 1.82) is 0 Å². The molecule has 0 amide bonds. The van der Waals surface area contributed by atoms with Crippen molar-refractivity contribution in [3.8, 4) is 11.5 Å². The Morgan fingerprint density at radius 2 is 1.10 bits per heavy atom. The Hall–Kier alpha value is -2.76. The number of fused-ring (bicyclic) bond motifs is 1. The Morgan fingerprint density at radius 3 is 1.40 bits per heavy atom. The molecule has 6 nitrogen and oxygen atoms in total. The maximum Gasteiger partial charge on any atom is 0.513 e. The zero-order valence-corrected chi connectivity index (χ0v) is 18.7. The highest BCUT2D eigenvalue weighted by Gasteiger charge is 2.24. The van der Waals surface area contributed by atoms with Gasteiger partial charge in [0.05, 0.1) is 13.2 Å². The minimum Gasteiger partial charge on any atom is -0.434 e. The van der Waals surface area contributed by atoms with E-state index in [-0.39, 0.29) is 25.0 Å². The molecule has 0 aliphatic rings. The number of carbonyl (C=O) groups is 2. The Morgan fingerprint density at radius 1 is 0.733 bits per heavy atom. The summed E-state index contributed by atoms with van der Waals surface area (Å²) in [5, 5.41) is 1.36. The molecule has 2 rings (SSSR count). The van der Waals surface area contributed by atoms with E-state index in [1.54, 1.807) is 0 Å². The Labute approximate surface area is 178 Å². The first kappa shape index (κ1) is 23.5. The lowest BCUT2D eigenvalue weighted by Gasteiger charge is -2.20. The lowest BCUT2D eigenvalue weighted by molar-refractivity contribution is 0.0868. The van der Waals surface area contributed by atoms with Gasteiger partial charge >= 0.3 is 12.3 Å². The summed E-state index contributed by atoms with van der Waals surface area (Å²) in [5.41, 5.74) is 1.62. The van der Waals surface area contributed by atoms with Gasteiger partial charge in [0.2, 0.25) is 0 Å². The zero-order valence-electron chi connectivity index (χ0n) is 18.7. The van der Waals surface area contributed by atoms with Gasteiger partial charge in [-0.25, -0.2) is 9.59 Å². The van der Waals surface area contributed by atoms with Crippen molar-refractivity contribution in [3.63, 3.8) is 0 Å². The number of benzene rings is 2. The second-order valence-electron chi connectivity index (χ2n) is 7.98. The van der Waals surface area contributed by atoms with Gasteiger partial charge < -0.3 is 18.9 Å². The molecule has 0 bridgehead atoms. The third-order valence-electron chi connectivity index (χ3n) is 4.48. The topological polar surface area (TPSA) is 71.1 Å². The summed E-state index contributed by atoms with van der Waals surface area (Å²) in [6.07, 6.45) is -0.289. The van der Waals surface area contributed by atoms with E-state index >= 15 is 0 Å². The molecule has 0 atom stereocenters. The largest absolute Gasteiger partial charge is 0.513 e. The molecule has 0 unspecified atom stereocenters. The fourth-order valence-electron chi connectivity index (χ4n) is 3.15. The third kappa shape index (κ3) is 5.88. The van der Waals surface area contributed by atoms with Crippen LogP contribution < -0.4 is 9.47 Å². The van der Waals surface area contributed by atoms with E-state index in [0.717, 1.165) is 11.1 Å². The molecule has 164 valence electrons. The van der Waals surface area contributed by atoms with Crippen molar-refractivity contribution in [2.75, 3.05) is 13.2 Å². The molecule has 2 aromatic carbocycles. The molecule has 2 aromatic rings. The Balaban J connectivity index is 2.51. The third-order valence-corrected chi connectivity index (χ3v) is 4.48. The lowest BCUT2D eigenvalue weighted by Crippen LogP contribution is -2.17. The highest BCUT2D eigenvalue weighted by atomic mass is 16.7. The molecule has 0 heterocycles. The number of hydrogen-bond donors (Lipinski definition) is 0. The van der Waals surface area contributed by atoms with Crippen LogP contribution >= 0.6 is 0 Å². The van der Waals surface area contributed by atoms with E-state index in [9.17, 15) is 9.59 Å². The number of rotatable bonds is 8. The maximum atomic E-state index is 12.3. The van der Waals surface area contributed by atoms with Crippen LogP contribution in [0.3, 0.4) is 0 Å². The summed E-state index contributed by atoms with van der Waals surface area (Å²) in [6.45, 7) is 12.3. The summed E-state index contributed by atoms with van der Waals surface area (Å²) in [4.78, 5) is 24.6. The maximum absolute atomic E-state index is 12.3. The molecule has 0 aromatic heterocycles. The van der Waals surface area contributed by atoms with Crippen LogP contribution in [-0.4, -0.2) is 25.5 Å². The zero-order chi connectivity index (χ0) is 22.3. The van der Waals surface area contributed by atoms with Crippen LogP contribution in [-0.2, 0) is 22.3 Å². The Bertz CT molecular complexity index is 812. The number of carbonyl (C=O) groups excluding carboxylic acids is 2. The van der Waals surface area contributed by atoms with Crippen molar-refractivity contribution in [1.82, 2.24) is 0 Å².